The largest absolute Gasteiger partial charge is 0.458 e. The van der Waals surface area contributed by atoms with Crippen molar-refractivity contribution in [3.63, 3.8) is 0 Å². The van der Waals surface area contributed by atoms with Crippen LogP contribution in [0.15, 0.2) is 22.8 Å². The van der Waals surface area contributed by atoms with E-state index in [0.717, 1.165) is 30.3 Å². The highest BCUT2D eigenvalue weighted by molar-refractivity contribution is 5.85. The van der Waals surface area contributed by atoms with Gasteiger partial charge >= 0.3 is 5.97 Å². The first kappa shape index (κ1) is 18.3. The molecule has 5 atom stereocenters. The molecule has 25 heavy (non-hydrogen) atoms. The van der Waals surface area contributed by atoms with Crippen molar-refractivity contribution in [1.82, 2.24) is 0 Å². The Morgan fingerprint density at radius 2 is 2.00 bits per heavy atom. The van der Waals surface area contributed by atoms with E-state index in [1.165, 1.54) is 5.57 Å². The quantitative estimate of drug-likeness (QED) is 0.463. The van der Waals surface area contributed by atoms with Crippen molar-refractivity contribution in [1.29, 1.82) is 0 Å². The van der Waals surface area contributed by atoms with Crippen molar-refractivity contribution in [3.8, 4) is 0 Å². The summed E-state index contributed by atoms with van der Waals surface area (Å²) in [6, 6.07) is 0. The number of carbonyl (C=O) groups is 2. The van der Waals surface area contributed by atoms with Gasteiger partial charge in [0, 0.05) is 17.4 Å². The first-order chi connectivity index (χ1) is 11.7. The molecule has 5 nitrogen and oxygen atoms in total. The molecule has 3 aliphatic rings. The van der Waals surface area contributed by atoms with Crippen LogP contribution in [-0.4, -0.2) is 41.3 Å². The Morgan fingerprint density at radius 3 is 2.60 bits per heavy atom. The summed E-state index contributed by atoms with van der Waals surface area (Å²) in [7, 11) is 0. The molecular weight excluding hydrogens is 320 g/mol. The molecule has 0 saturated heterocycles. The van der Waals surface area contributed by atoms with Gasteiger partial charge in [0.05, 0.1) is 12.2 Å². The van der Waals surface area contributed by atoms with Gasteiger partial charge in [-0.05, 0) is 50.0 Å². The van der Waals surface area contributed by atoms with Crippen molar-refractivity contribution in [2.75, 3.05) is 6.61 Å². The number of hydrogen-bond acceptors (Lipinski definition) is 5. The van der Waals surface area contributed by atoms with E-state index in [2.05, 4.69) is 6.92 Å². The summed E-state index contributed by atoms with van der Waals surface area (Å²) in [5, 5.41) is 21.2. The average molecular weight is 348 g/mol. The summed E-state index contributed by atoms with van der Waals surface area (Å²) in [5.41, 5.74) is 2.18. The Bertz CT molecular complexity index is 648. The van der Waals surface area contributed by atoms with Crippen LogP contribution < -0.4 is 0 Å². The Hall–Kier alpha value is -1.46. The first-order valence-electron chi connectivity index (χ1n) is 9.07. The highest BCUT2D eigenvalue weighted by Gasteiger charge is 2.57. The van der Waals surface area contributed by atoms with Crippen LogP contribution in [-0.2, 0) is 14.3 Å². The normalized spacial score (nSPS) is 41.2. The fourth-order valence-electron chi connectivity index (χ4n) is 5.73. The number of esters is 1. The van der Waals surface area contributed by atoms with Gasteiger partial charge in [0.25, 0.3) is 0 Å². The molecule has 1 aliphatic heterocycles. The van der Waals surface area contributed by atoms with E-state index in [-0.39, 0.29) is 11.9 Å². The summed E-state index contributed by atoms with van der Waals surface area (Å²) >= 11 is 0. The molecular formula is C20H28O5. The number of aliphatic hydroxyl groups excluding tert-OH is 2. The maximum Gasteiger partial charge on any atom is 0.331 e. The lowest BCUT2D eigenvalue weighted by Crippen LogP contribution is -2.56. The van der Waals surface area contributed by atoms with Crippen LogP contribution in [0.1, 0.15) is 52.9 Å². The average Bonchev–Trinajstić information content (AvgIpc) is 2.90. The predicted molar refractivity (Wildman–Crippen MR) is 92.6 cm³/mol. The first-order valence-corrected chi connectivity index (χ1v) is 9.07. The maximum absolute atomic E-state index is 11.9. The van der Waals surface area contributed by atoms with E-state index >= 15 is 0 Å². The molecule has 138 valence electrons. The van der Waals surface area contributed by atoms with Crippen molar-refractivity contribution in [3.05, 3.63) is 22.8 Å². The van der Waals surface area contributed by atoms with Crippen LogP contribution in [0.3, 0.4) is 0 Å². The van der Waals surface area contributed by atoms with E-state index in [0.29, 0.717) is 25.9 Å². The topological polar surface area (TPSA) is 83.8 Å². The number of aliphatic hydroxyl groups is 2. The number of carbonyl (C=O) groups excluding carboxylic acids is 2. The molecule has 0 aromatic heterocycles. The predicted octanol–water partition coefficient (Wildman–Crippen LogP) is 2.31. The highest BCUT2D eigenvalue weighted by atomic mass is 16.5. The van der Waals surface area contributed by atoms with Crippen LogP contribution in [0.5, 0.6) is 0 Å². The van der Waals surface area contributed by atoms with Crippen LogP contribution >= 0.6 is 0 Å². The Balaban J connectivity index is 1.93. The van der Waals surface area contributed by atoms with Gasteiger partial charge in [0.1, 0.15) is 12.9 Å². The molecule has 0 spiro atoms. The third-order valence-electron chi connectivity index (χ3n) is 6.52. The zero-order chi connectivity index (χ0) is 18.4. The number of allylic oxidation sites excluding steroid dienone is 1. The molecule has 0 bridgehead atoms. The fourth-order valence-corrected chi connectivity index (χ4v) is 5.73. The van der Waals surface area contributed by atoms with Gasteiger partial charge in [-0.1, -0.05) is 25.0 Å². The van der Waals surface area contributed by atoms with Crippen LogP contribution in [0.2, 0.25) is 0 Å². The lowest BCUT2D eigenvalue weighted by Gasteiger charge is -2.57. The van der Waals surface area contributed by atoms with Gasteiger partial charge in [-0.15, -0.1) is 0 Å². The van der Waals surface area contributed by atoms with Crippen LogP contribution in [0.25, 0.3) is 0 Å². The molecule has 3 rings (SSSR count). The van der Waals surface area contributed by atoms with Gasteiger partial charge < -0.3 is 19.7 Å². The number of rotatable bonds is 4. The second-order valence-electron chi connectivity index (χ2n) is 8.52. The zero-order valence-electron chi connectivity index (χ0n) is 15.2. The molecule has 0 amide bonds. The smallest absolute Gasteiger partial charge is 0.331 e. The number of cyclic esters (lactones) is 1. The lowest BCUT2D eigenvalue weighted by atomic mass is 9.48. The minimum Gasteiger partial charge on any atom is -0.458 e. The zero-order valence-corrected chi connectivity index (χ0v) is 15.2. The van der Waals surface area contributed by atoms with Crippen LogP contribution in [0.4, 0.5) is 0 Å². The van der Waals surface area contributed by atoms with Crippen molar-refractivity contribution < 1.29 is 24.5 Å². The lowest BCUT2D eigenvalue weighted by molar-refractivity contribution is -0.145. The minimum absolute atomic E-state index is 0.199. The number of ether oxygens (including phenoxy) is 1. The standard InChI is InChI=1S/C20H28O5/c1-12-6-16(23)18-19(2,11-21)8-14(22)9-20(18,3)15(12)5-4-13-7-17(24)25-10-13/h7,11,14,16,18,22-23H,4-6,8-10H2,1-3H3/t14-,16-,18-,19+,20+/m0/s1. The number of hydrogen-bond donors (Lipinski definition) is 2. The molecule has 0 aromatic carbocycles. The van der Waals surface area contributed by atoms with Gasteiger partial charge in [0.2, 0.25) is 0 Å². The fraction of sp³-hybridized carbons (Fsp3) is 0.700. The molecule has 1 heterocycles. The van der Waals surface area contributed by atoms with E-state index in [1.807, 2.05) is 13.8 Å². The summed E-state index contributed by atoms with van der Waals surface area (Å²) in [4.78, 5) is 23.1. The SMILES string of the molecule is CC1=C(CCC2=CC(=O)OC2)[C@@]2(C)C[C@@H](O)C[C@](C)(C=O)[C@@H]2[C@@H](O)C1. The van der Waals surface area contributed by atoms with Crippen molar-refractivity contribution >= 4 is 12.3 Å². The molecule has 0 aromatic rings. The highest BCUT2D eigenvalue weighted by Crippen LogP contribution is 2.60. The Morgan fingerprint density at radius 1 is 1.28 bits per heavy atom. The summed E-state index contributed by atoms with van der Waals surface area (Å²) in [6.45, 7) is 6.32. The third-order valence-corrected chi connectivity index (χ3v) is 6.52. The molecule has 0 unspecified atom stereocenters. The van der Waals surface area contributed by atoms with E-state index in [1.54, 1.807) is 6.08 Å². The molecule has 5 heteroatoms. The minimum atomic E-state index is -0.733. The van der Waals surface area contributed by atoms with E-state index in [4.69, 9.17) is 4.74 Å². The number of aldehydes is 1. The van der Waals surface area contributed by atoms with E-state index in [9.17, 15) is 19.8 Å². The van der Waals surface area contributed by atoms with Gasteiger partial charge in [-0.25, -0.2) is 4.79 Å². The Labute approximate surface area is 148 Å². The van der Waals surface area contributed by atoms with Gasteiger partial charge in [-0.2, -0.15) is 0 Å². The van der Waals surface area contributed by atoms with Gasteiger partial charge in [0.15, 0.2) is 0 Å². The van der Waals surface area contributed by atoms with Crippen molar-refractivity contribution in [2.24, 2.45) is 16.7 Å². The molecule has 2 aliphatic carbocycles. The summed E-state index contributed by atoms with van der Waals surface area (Å²) < 4.78 is 4.97. The number of fused-ring (bicyclic) bond motifs is 1. The molecule has 0 radical (unpaired) electrons. The second-order valence-corrected chi connectivity index (χ2v) is 8.52. The molecule has 1 saturated carbocycles. The van der Waals surface area contributed by atoms with Crippen molar-refractivity contribution in [2.45, 2.75) is 65.1 Å². The monoisotopic (exact) mass is 348 g/mol. The van der Waals surface area contributed by atoms with Crippen LogP contribution in [0, 0.1) is 16.7 Å². The molecule has 1 fully saturated rings. The molecule has 2 N–H and O–H groups in total. The summed E-state index contributed by atoms with van der Waals surface area (Å²) in [6.07, 6.45) is 4.34. The summed E-state index contributed by atoms with van der Waals surface area (Å²) in [5.74, 6) is -0.486. The Kier molecular flexibility index (Phi) is 4.67. The third kappa shape index (κ3) is 3.08. The maximum atomic E-state index is 11.9. The van der Waals surface area contributed by atoms with Gasteiger partial charge in [-0.3, -0.25) is 0 Å². The van der Waals surface area contributed by atoms with E-state index < -0.39 is 23.0 Å². The second kappa shape index (κ2) is 6.36.